The summed E-state index contributed by atoms with van der Waals surface area (Å²) in [6, 6.07) is 14.9. The molecular weight excluding hydrogens is 376 g/mol. The molecule has 1 aliphatic heterocycles. The van der Waals surface area contributed by atoms with Crippen molar-refractivity contribution < 1.29 is 9.90 Å². The van der Waals surface area contributed by atoms with Crippen molar-refractivity contribution in [2.45, 2.75) is 6.54 Å². The number of amides is 1. The van der Waals surface area contributed by atoms with E-state index >= 15 is 0 Å². The summed E-state index contributed by atoms with van der Waals surface area (Å²) in [5.74, 6) is 0.241. The van der Waals surface area contributed by atoms with E-state index in [0.29, 0.717) is 43.3 Å². The van der Waals surface area contributed by atoms with Crippen LogP contribution in [-0.4, -0.2) is 51.9 Å². The summed E-state index contributed by atoms with van der Waals surface area (Å²) in [6.07, 6.45) is 3.37. The smallest absolute Gasteiger partial charge is 0.257 e. The minimum Gasteiger partial charge on any atom is -0.506 e. The number of anilines is 1. The first-order chi connectivity index (χ1) is 13.6. The molecule has 4 rings (SSSR count). The largest absolute Gasteiger partial charge is 0.506 e. The lowest BCUT2D eigenvalue weighted by molar-refractivity contribution is 0.0746. The monoisotopic (exact) mass is 396 g/mol. The predicted octanol–water partition coefficient (Wildman–Crippen LogP) is 3.25. The number of carbonyl (C=O) groups excluding carboxylic acids is 1. The molecule has 0 aliphatic carbocycles. The Morgan fingerprint density at radius 3 is 2.50 bits per heavy atom. The maximum atomic E-state index is 12.8. The van der Waals surface area contributed by atoms with Crippen molar-refractivity contribution in [3.63, 3.8) is 0 Å². The number of phenols is 1. The molecule has 1 fully saturated rings. The van der Waals surface area contributed by atoms with Crippen LogP contribution in [0.25, 0.3) is 0 Å². The van der Waals surface area contributed by atoms with Crippen LogP contribution in [0.1, 0.15) is 15.9 Å². The van der Waals surface area contributed by atoms with Crippen LogP contribution in [0, 0.1) is 0 Å². The van der Waals surface area contributed by atoms with Gasteiger partial charge in [-0.2, -0.15) is 5.10 Å². The average Bonchev–Trinajstić information content (AvgIpc) is 3.18. The molecule has 0 atom stereocenters. The van der Waals surface area contributed by atoms with Crippen molar-refractivity contribution in [2.75, 3.05) is 31.1 Å². The summed E-state index contributed by atoms with van der Waals surface area (Å²) in [5, 5.41) is 15.0. The summed E-state index contributed by atoms with van der Waals surface area (Å²) in [7, 11) is 0. The topological polar surface area (TPSA) is 61.6 Å². The Morgan fingerprint density at radius 1 is 1.04 bits per heavy atom. The van der Waals surface area contributed by atoms with Crippen LogP contribution < -0.4 is 4.90 Å². The first-order valence-electron chi connectivity index (χ1n) is 9.20. The third kappa shape index (κ3) is 3.82. The maximum Gasteiger partial charge on any atom is 0.257 e. The Balaban J connectivity index is 1.39. The van der Waals surface area contributed by atoms with E-state index in [1.807, 2.05) is 41.3 Å². The quantitative estimate of drug-likeness (QED) is 0.735. The second-order valence-corrected chi connectivity index (χ2v) is 7.19. The van der Waals surface area contributed by atoms with Crippen molar-refractivity contribution in [1.29, 1.82) is 0 Å². The Bertz CT molecular complexity index is 980. The SMILES string of the molecule is O=C(c1cnn(Cc2ccccc2Cl)c1)N1CCN(c2ccccc2O)CC1. The number of benzene rings is 2. The number of rotatable bonds is 4. The first-order valence-corrected chi connectivity index (χ1v) is 9.58. The Morgan fingerprint density at radius 2 is 1.75 bits per heavy atom. The zero-order valence-corrected chi connectivity index (χ0v) is 16.1. The van der Waals surface area contributed by atoms with Gasteiger partial charge in [-0.15, -0.1) is 0 Å². The summed E-state index contributed by atoms with van der Waals surface area (Å²) in [4.78, 5) is 16.7. The molecule has 1 amide bonds. The Kier molecular flexibility index (Phi) is 5.21. The molecule has 0 spiro atoms. The van der Waals surface area contributed by atoms with Crippen molar-refractivity contribution in [3.05, 3.63) is 77.1 Å². The standard InChI is InChI=1S/C21H21ClN4O2/c22-18-6-2-1-5-16(18)14-26-15-17(13-23-26)21(28)25-11-9-24(10-12-25)19-7-3-4-8-20(19)27/h1-8,13,15,27H,9-12,14H2. The number of piperazine rings is 1. The van der Waals surface area contributed by atoms with Crippen LogP contribution in [0.15, 0.2) is 60.9 Å². The van der Waals surface area contributed by atoms with Crippen LogP contribution in [0.3, 0.4) is 0 Å². The zero-order chi connectivity index (χ0) is 19.5. The van der Waals surface area contributed by atoms with Crippen LogP contribution in [0.2, 0.25) is 5.02 Å². The van der Waals surface area contributed by atoms with Gasteiger partial charge in [0.25, 0.3) is 5.91 Å². The lowest BCUT2D eigenvalue weighted by Gasteiger charge is -2.36. The molecule has 6 nitrogen and oxygen atoms in total. The van der Waals surface area contributed by atoms with Gasteiger partial charge in [0.05, 0.1) is 24.0 Å². The minimum atomic E-state index is -0.0256. The molecule has 1 saturated heterocycles. The molecule has 2 heterocycles. The van der Waals surface area contributed by atoms with Crippen LogP contribution >= 0.6 is 11.6 Å². The van der Waals surface area contributed by atoms with E-state index in [4.69, 9.17) is 11.6 Å². The van der Waals surface area contributed by atoms with E-state index in [9.17, 15) is 9.90 Å². The highest BCUT2D eigenvalue weighted by Crippen LogP contribution is 2.27. The number of halogens is 1. The molecule has 3 aromatic rings. The van der Waals surface area contributed by atoms with Gasteiger partial charge < -0.3 is 14.9 Å². The molecule has 7 heteroatoms. The molecule has 1 aromatic heterocycles. The number of hydrogen-bond donors (Lipinski definition) is 1. The number of hydrogen-bond acceptors (Lipinski definition) is 4. The van der Waals surface area contributed by atoms with E-state index in [2.05, 4.69) is 10.00 Å². The fourth-order valence-electron chi connectivity index (χ4n) is 3.43. The second kappa shape index (κ2) is 7.94. The van der Waals surface area contributed by atoms with Gasteiger partial charge >= 0.3 is 0 Å². The van der Waals surface area contributed by atoms with Crippen molar-refractivity contribution in [2.24, 2.45) is 0 Å². The molecule has 2 aromatic carbocycles. The number of carbonyl (C=O) groups is 1. The normalized spacial score (nSPS) is 14.3. The first kappa shape index (κ1) is 18.4. The van der Waals surface area contributed by atoms with E-state index in [1.165, 1.54) is 0 Å². The number of aromatic hydroxyl groups is 1. The molecule has 28 heavy (non-hydrogen) atoms. The molecule has 0 saturated carbocycles. The summed E-state index contributed by atoms with van der Waals surface area (Å²) < 4.78 is 1.73. The molecule has 0 unspecified atom stereocenters. The summed E-state index contributed by atoms with van der Waals surface area (Å²) in [6.45, 7) is 3.08. The van der Waals surface area contributed by atoms with Gasteiger partial charge in [-0.25, -0.2) is 0 Å². The number of phenolic OH excluding ortho intramolecular Hbond substituents is 1. The highest BCUT2D eigenvalue weighted by Gasteiger charge is 2.24. The molecular formula is C21H21ClN4O2. The third-order valence-corrected chi connectivity index (χ3v) is 5.33. The van der Waals surface area contributed by atoms with Gasteiger partial charge in [-0.1, -0.05) is 41.9 Å². The highest BCUT2D eigenvalue weighted by molar-refractivity contribution is 6.31. The summed E-state index contributed by atoms with van der Waals surface area (Å²) >= 11 is 6.20. The third-order valence-electron chi connectivity index (χ3n) is 4.96. The van der Waals surface area contributed by atoms with Gasteiger partial charge in [0.15, 0.2) is 0 Å². The number of nitrogens with zero attached hydrogens (tertiary/aromatic N) is 4. The maximum absolute atomic E-state index is 12.8. The minimum absolute atomic E-state index is 0.0256. The Labute approximate surface area is 168 Å². The van der Waals surface area contributed by atoms with E-state index in [-0.39, 0.29) is 11.7 Å². The second-order valence-electron chi connectivity index (χ2n) is 6.79. The lowest BCUT2D eigenvalue weighted by atomic mass is 10.2. The van der Waals surface area contributed by atoms with E-state index < -0.39 is 0 Å². The lowest BCUT2D eigenvalue weighted by Crippen LogP contribution is -2.48. The van der Waals surface area contributed by atoms with Crippen LogP contribution in [0.5, 0.6) is 5.75 Å². The van der Waals surface area contributed by atoms with Crippen molar-refractivity contribution in [3.8, 4) is 5.75 Å². The predicted molar refractivity (Wildman–Crippen MR) is 109 cm³/mol. The van der Waals surface area contributed by atoms with Gasteiger partial charge in [0.1, 0.15) is 5.75 Å². The van der Waals surface area contributed by atoms with Gasteiger partial charge in [0, 0.05) is 37.4 Å². The van der Waals surface area contributed by atoms with Gasteiger partial charge in [0.2, 0.25) is 0 Å². The van der Waals surface area contributed by atoms with Crippen molar-refractivity contribution in [1.82, 2.24) is 14.7 Å². The van der Waals surface area contributed by atoms with E-state index in [0.717, 1.165) is 11.3 Å². The Hall–Kier alpha value is -2.99. The average molecular weight is 397 g/mol. The highest BCUT2D eigenvalue weighted by atomic mass is 35.5. The molecule has 0 bridgehead atoms. The number of aromatic nitrogens is 2. The molecule has 0 radical (unpaired) electrons. The van der Waals surface area contributed by atoms with Crippen LogP contribution in [-0.2, 0) is 6.54 Å². The van der Waals surface area contributed by atoms with E-state index in [1.54, 1.807) is 29.2 Å². The molecule has 1 N–H and O–H groups in total. The molecule has 144 valence electrons. The summed E-state index contributed by atoms with van der Waals surface area (Å²) in [5.41, 5.74) is 2.34. The van der Waals surface area contributed by atoms with Crippen LogP contribution in [0.4, 0.5) is 5.69 Å². The van der Waals surface area contributed by atoms with Crippen molar-refractivity contribution >= 4 is 23.2 Å². The van der Waals surface area contributed by atoms with Gasteiger partial charge in [-0.3, -0.25) is 9.48 Å². The zero-order valence-electron chi connectivity index (χ0n) is 15.3. The number of para-hydroxylation sites is 2. The van der Waals surface area contributed by atoms with Gasteiger partial charge in [-0.05, 0) is 23.8 Å². The fourth-order valence-corrected chi connectivity index (χ4v) is 3.62. The molecule has 1 aliphatic rings. The fraction of sp³-hybridized carbons (Fsp3) is 0.238.